The van der Waals surface area contributed by atoms with Gasteiger partial charge in [0.2, 0.25) is 5.91 Å². The molecule has 8 heteroatoms. The average molecular weight is 280 g/mol. The van der Waals surface area contributed by atoms with Crippen LogP contribution in [0.3, 0.4) is 0 Å². The van der Waals surface area contributed by atoms with Crippen molar-refractivity contribution in [2.24, 2.45) is 11.7 Å². The lowest BCUT2D eigenvalue weighted by molar-refractivity contribution is -0.118. The fourth-order valence-corrected chi connectivity index (χ4v) is 1.56. The third-order valence-corrected chi connectivity index (χ3v) is 2.31. The molecule has 0 saturated carbocycles. The van der Waals surface area contributed by atoms with Gasteiger partial charge in [-0.05, 0) is 5.92 Å². The van der Waals surface area contributed by atoms with Crippen LogP contribution in [0.2, 0.25) is 0 Å². The Bertz CT molecular complexity index is 513. The molecule has 20 heavy (non-hydrogen) atoms. The van der Waals surface area contributed by atoms with Crippen molar-refractivity contribution < 1.29 is 19.5 Å². The van der Waals surface area contributed by atoms with Gasteiger partial charge in [-0.1, -0.05) is 13.8 Å². The van der Waals surface area contributed by atoms with Crippen LogP contribution in [-0.4, -0.2) is 50.8 Å². The molecule has 0 spiro atoms. The predicted molar refractivity (Wildman–Crippen MR) is 68.9 cm³/mol. The highest BCUT2D eigenvalue weighted by Crippen LogP contribution is 2.05. The van der Waals surface area contributed by atoms with Crippen molar-refractivity contribution in [3.05, 3.63) is 23.8 Å². The standard InChI is InChI=1S/C12H16N4O4/c1-7(2)5-16(6-10(13)17)11(18)8-3-15-9(4-14-8)12(19)20/h3-4,7H,5-6H2,1-2H3,(H2,13,17)(H,19,20). The predicted octanol–water partition coefficient (Wildman–Crippen LogP) is -0.242. The Labute approximate surface area is 115 Å². The number of nitrogens with zero attached hydrogens (tertiary/aromatic N) is 3. The number of hydrogen-bond acceptors (Lipinski definition) is 5. The summed E-state index contributed by atoms with van der Waals surface area (Å²) < 4.78 is 0. The van der Waals surface area contributed by atoms with E-state index in [1.54, 1.807) is 0 Å². The molecule has 0 saturated heterocycles. The smallest absolute Gasteiger partial charge is 0.356 e. The first kappa shape index (κ1) is 15.5. The van der Waals surface area contributed by atoms with E-state index in [0.717, 1.165) is 12.4 Å². The van der Waals surface area contributed by atoms with Gasteiger partial charge in [0, 0.05) is 6.54 Å². The number of carboxylic acids is 1. The molecule has 0 aromatic carbocycles. The second kappa shape index (κ2) is 6.60. The van der Waals surface area contributed by atoms with E-state index in [4.69, 9.17) is 10.8 Å². The van der Waals surface area contributed by atoms with Gasteiger partial charge >= 0.3 is 5.97 Å². The van der Waals surface area contributed by atoms with Crippen LogP contribution in [0.1, 0.15) is 34.8 Å². The molecule has 1 rings (SSSR count). The Morgan fingerprint density at radius 2 is 1.80 bits per heavy atom. The maximum absolute atomic E-state index is 12.2. The monoisotopic (exact) mass is 280 g/mol. The number of nitrogens with two attached hydrogens (primary N) is 1. The van der Waals surface area contributed by atoms with Crippen molar-refractivity contribution in [1.29, 1.82) is 0 Å². The molecular formula is C12H16N4O4. The maximum atomic E-state index is 12.2. The molecule has 0 unspecified atom stereocenters. The fourth-order valence-electron chi connectivity index (χ4n) is 1.56. The van der Waals surface area contributed by atoms with Gasteiger partial charge in [-0.25, -0.2) is 14.8 Å². The van der Waals surface area contributed by atoms with E-state index in [-0.39, 0.29) is 23.9 Å². The van der Waals surface area contributed by atoms with Crippen LogP contribution in [0.4, 0.5) is 0 Å². The highest BCUT2D eigenvalue weighted by Gasteiger charge is 2.20. The lowest BCUT2D eigenvalue weighted by Crippen LogP contribution is -2.41. The summed E-state index contributed by atoms with van der Waals surface area (Å²) >= 11 is 0. The highest BCUT2D eigenvalue weighted by atomic mass is 16.4. The first-order valence-corrected chi connectivity index (χ1v) is 5.94. The van der Waals surface area contributed by atoms with Gasteiger partial charge in [0.25, 0.3) is 5.91 Å². The summed E-state index contributed by atoms with van der Waals surface area (Å²) in [6.07, 6.45) is 2.06. The van der Waals surface area contributed by atoms with Crippen molar-refractivity contribution >= 4 is 17.8 Å². The van der Waals surface area contributed by atoms with Gasteiger partial charge in [0.05, 0.1) is 18.9 Å². The van der Waals surface area contributed by atoms with Crippen molar-refractivity contribution in [1.82, 2.24) is 14.9 Å². The number of rotatable bonds is 6. The second-order valence-corrected chi connectivity index (χ2v) is 4.64. The molecule has 8 nitrogen and oxygen atoms in total. The number of hydrogen-bond donors (Lipinski definition) is 2. The molecule has 0 atom stereocenters. The normalized spacial score (nSPS) is 10.3. The van der Waals surface area contributed by atoms with Crippen LogP contribution in [0.25, 0.3) is 0 Å². The average Bonchev–Trinajstić information content (AvgIpc) is 2.36. The molecule has 2 amide bonds. The van der Waals surface area contributed by atoms with E-state index in [1.807, 2.05) is 13.8 Å². The van der Waals surface area contributed by atoms with Gasteiger partial charge in [-0.15, -0.1) is 0 Å². The first-order valence-electron chi connectivity index (χ1n) is 5.94. The zero-order chi connectivity index (χ0) is 15.3. The topological polar surface area (TPSA) is 126 Å². The third-order valence-electron chi connectivity index (χ3n) is 2.31. The Kier molecular flexibility index (Phi) is 5.13. The van der Waals surface area contributed by atoms with Gasteiger partial charge in [-0.2, -0.15) is 0 Å². The largest absolute Gasteiger partial charge is 0.476 e. The summed E-state index contributed by atoms with van der Waals surface area (Å²) in [5, 5.41) is 8.70. The van der Waals surface area contributed by atoms with E-state index in [2.05, 4.69) is 9.97 Å². The Morgan fingerprint density at radius 3 is 2.20 bits per heavy atom. The molecule has 0 fully saturated rings. The van der Waals surface area contributed by atoms with Gasteiger partial charge < -0.3 is 15.7 Å². The number of carbonyl (C=O) groups excluding carboxylic acids is 2. The lowest BCUT2D eigenvalue weighted by Gasteiger charge is -2.22. The summed E-state index contributed by atoms with van der Waals surface area (Å²) in [6.45, 7) is 3.89. The molecule has 0 aliphatic rings. The Balaban J connectivity index is 2.93. The molecule has 3 N–H and O–H groups in total. The molecule has 0 aliphatic heterocycles. The highest BCUT2D eigenvalue weighted by molar-refractivity contribution is 5.95. The first-order chi connectivity index (χ1) is 9.31. The second-order valence-electron chi connectivity index (χ2n) is 4.64. The molecule has 108 valence electrons. The fraction of sp³-hybridized carbons (Fsp3) is 0.417. The van der Waals surface area contributed by atoms with Gasteiger partial charge in [-0.3, -0.25) is 9.59 Å². The minimum absolute atomic E-state index is 0.0306. The minimum atomic E-state index is -1.23. The SMILES string of the molecule is CC(C)CN(CC(N)=O)C(=O)c1cnc(C(=O)O)cn1. The number of aromatic nitrogens is 2. The Hall–Kier alpha value is -2.51. The van der Waals surface area contributed by atoms with E-state index in [9.17, 15) is 14.4 Å². The van der Waals surface area contributed by atoms with Crippen LogP contribution in [0, 0.1) is 5.92 Å². The molecule has 0 radical (unpaired) electrons. The summed E-state index contributed by atoms with van der Waals surface area (Å²) in [5.41, 5.74) is 4.81. The van der Waals surface area contributed by atoms with Gasteiger partial charge in [0.1, 0.15) is 5.69 Å². The van der Waals surface area contributed by atoms with Crippen LogP contribution in [0.5, 0.6) is 0 Å². The van der Waals surface area contributed by atoms with Crippen LogP contribution in [-0.2, 0) is 4.79 Å². The number of aromatic carboxylic acids is 1. The quantitative estimate of drug-likeness (QED) is 0.740. The molecule has 1 aromatic heterocycles. The molecule has 0 bridgehead atoms. The minimum Gasteiger partial charge on any atom is -0.476 e. The molecule has 1 aromatic rings. The lowest BCUT2D eigenvalue weighted by atomic mass is 10.2. The van der Waals surface area contributed by atoms with E-state index >= 15 is 0 Å². The van der Waals surface area contributed by atoms with E-state index in [1.165, 1.54) is 4.90 Å². The molecular weight excluding hydrogens is 264 g/mol. The van der Waals surface area contributed by atoms with Crippen molar-refractivity contribution in [3.63, 3.8) is 0 Å². The van der Waals surface area contributed by atoms with Crippen molar-refractivity contribution in [2.75, 3.05) is 13.1 Å². The number of primary amides is 1. The summed E-state index contributed by atoms with van der Waals surface area (Å²) in [7, 11) is 0. The van der Waals surface area contributed by atoms with E-state index < -0.39 is 17.8 Å². The summed E-state index contributed by atoms with van der Waals surface area (Å²) in [6, 6.07) is 0. The number of amides is 2. The zero-order valence-electron chi connectivity index (χ0n) is 11.2. The summed E-state index contributed by atoms with van der Waals surface area (Å²) in [4.78, 5) is 42.4. The van der Waals surface area contributed by atoms with Crippen molar-refractivity contribution in [3.8, 4) is 0 Å². The summed E-state index contributed by atoms with van der Waals surface area (Å²) in [5.74, 6) is -2.23. The molecule has 1 heterocycles. The van der Waals surface area contributed by atoms with Crippen LogP contribution < -0.4 is 5.73 Å². The van der Waals surface area contributed by atoms with Gasteiger partial charge in [0.15, 0.2) is 5.69 Å². The third kappa shape index (κ3) is 4.30. The Morgan fingerprint density at radius 1 is 1.25 bits per heavy atom. The van der Waals surface area contributed by atoms with E-state index in [0.29, 0.717) is 6.54 Å². The van der Waals surface area contributed by atoms with Crippen LogP contribution >= 0.6 is 0 Å². The van der Waals surface area contributed by atoms with Crippen LogP contribution in [0.15, 0.2) is 12.4 Å². The maximum Gasteiger partial charge on any atom is 0.356 e. The zero-order valence-corrected chi connectivity index (χ0v) is 11.2. The number of carboxylic acid groups (broad SMARTS) is 1. The van der Waals surface area contributed by atoms with Crippen molar-refractivity contribution in [2.45, 2.75) is 13.8 Å². The number of carbonyl (C=O) groups is 3. The molecule has 0 aliphatic carbocycles.